The van der Waals surface area contributed by atoms with Crippen molar-refractivity contribution in [2.75, 3.05) is 13.6 Å². The normalized spacial score (nSPS) is 22.3. The maximum atomic E-state index is 2.30. The van der Waals surface area contributed by atoms with Crippen LogP contribution in [0.4, 0.5) is 0 Å². The Morgan fingerprint density at radius 2 is 2.30 bits per heavy atom. The second kappa shape index (κ2) is 2.01. The highest BCUT2D eigenvalue weighted by Crippen LogP contribution is 2.26. The molecule has 52 valence electrons. The number of hydrogen-bond acceptors (Lipinski definition) is 1. The third-order valence-electron chi connectivity index (χ3n) is 2.09. The van der Waals surface area contributed by atoms with Crippen molar-refractivity contribution in [3.63, 3.8) is 0 Å². The molecule has 0 N–H and O–H groups in total. The minimum atomic E-state index is 1.11. The average molecular weight is 133 g/mol. The van der Waals surface area contributed by atoms with Gasteiger partial charge in [0.1, 0.15) is 0 Å². The molecule has 0 saturated carbocycles. The van der Waals surface area contributed by atoms with E-state index in [4.69, 9.17) is 0 Å². The van der Waals surface area contributed by atoms with E-state index in [1.165, 1.54) is 11.3 Å². The second-order valence-electron chi connectivity index (χ2n) is 2.82. The molecule has 10 heavy (non-hydrogen) atoms. The minimum absolute atomic E-state index is 1.11. The van der Waals surface area contributed by atoms with Gasteiger partial charge in [-0.05, 0) is 5.57 Å². The molecule has 0 spiro atoms. The molecule has 0 aromatic heterocycles. The van der Waals surface area contributed by atoms with Gasteiger partial charge in [0.05, 0.1) is 0 Å². The molecular weight excluding hydrogens is 122 g/mol. The Kier molecular flexibility index (Phi) is 1.16. The number of nitrogens with zero attached hydrogens (tertiary/aromatic N) is 1. The van der Waals surface area contributed by atoms with Gasteiger partial charge in [-0.3, -0.25) is 0 Å². The fourth-order valence-corrected chi connectivity index (χ4v) is 1.46. The summed E-state index contributed by atoms with van der Waals surface area (Å²) >= 11 is 0. The Bertz CT molecular complexity index is 233. The maximum absolute atomic E-state index is 2.30. The van der Waals surface area contributed by atoms with Crippen molar-refractivity contribution in [3.8, 4) is 0 Å². The lowest BCUT2D eigenvalue weighted by Gasteiger charge is -2.33. The van der Waals surface area contributed by atoms with Gasteiger partial charge < -0.3 is 4.90 Å². The van der Waals surface area contributed by atoms with Crippen molar-refractivity contribution in [1.82, 2.24) is 4.90 Å². The largest absolute Gasteiger partial charge is 0.373 e. The van der Waals surface area contributed by atoms with Crippen LogP contribution in [-0.4, -0.2) is 18.5 Å². The molecule has 0 atom stereocenters. The van der Waals surface area contributed by atoms with E-state index in [1.54, 1.807) is 0 Å². The van der Waals surface area contributed by atoms with E-state index in [9.17, 15) is 0 Å². The Labute approximate surface area is 61.3 Å². The van der Waals surface area contributed by atoms with Crippen LogP contribution in [0.1, 0.15) is 6.42 Å². The molecule has 2 rings (SSSR count). The van der Waals surface area contributed by atoms with Crippen LogP contribution < -0.4 is 0 Å². The minimum Gasteiger partial charge on any atom is -0.373 e. The van der Waals surface area contributed by atoms with Gasteiger partial charge in [0.2, 0.25) is 0 Å². The summed E-state index contributed by atoms with van der Waals surface area (Å²) in [6.45, 7) is 1.13. The van der Waals surface area contributed by atoms with E-state index < -0.39 is 0 Å². The lowest BCUT2D eigenvalue weighted by molar-refractivity contribution is 0.384. The maximum Gasteiger partial charge on any atom is 0.0440 e. The first-order chi connectivity index (χ1) is 4.88. The molecule has 0 amide bonds. The lowest BCUT2D eigenvalue weighted by atomic mass is 10.0. The Morgan fingerprint density at radius 3 is 3.10 bits per heavy atom. The van der Waals surface area contributed by atoms with Crippen molar-refractivity contribution in [3.05, 3.63) is 35.6 Å². The fourth-order valence-electron chi connectivity index (χ4n) is 1.46. The Balaban J connectivity index is 2.30. The SMILES string of the molecule is CN1CC2=C1CC=CC=C2. The third-order valence-corrected chi connectivity index (χ3v) is 2.09. The molecule has 0 bridgehead atoms. The molecule has 1 aliphatic heterocycles. The molecule has 1 nitrogen and oxygen atoms in total. The zero-order chi connectivity index (χ0) is 6.97. The van der Waals surface area contributed by atoms with Crippen LogP contribution in [0.25, 0.3) is 0 Å². The topological polar surface area (TPSA) is 3.24 Å². The summed E-state index contributed by atoms with van der Waals surface area (Å²) in [5.41, 5.74) is 3.00. The average Bonchev–Trinajstić information content (AvgIpc) is 2.09. The zero-order valence-electron chi connectivity index (χ0n) is 6.17. The van der Waals surface area contributed by atoms with Crippen LogP contribution in [0.2, 0.25) is 0 Å². The summed E-state index contributed by atoms with van der Waals surface area (Å²) in [6.07, 6.45) is 9.76. The van der Waals surface area contributed by atoms with E-state index in [0.717, 1.165) is 13.0 Å². The van der Waals surface area contributed by atoms with E-state index in [1.807, 2.05) is 0 Å². The summed E-state index contributed by atoms with van der Waals surface area (Å²) in [6, 6.07) is 0. The summed E-state index contributed by atoms with van der Waals surface area (Å²) in [7, 11) is 2.14. The Morgan fingerprint density at radius 1 is 1.40 bits per heavy atom. The predicted molar refractivity (Wildman–Crippen MR) is 42.6 cm³/mol. The summed E-state index contributed by atoms with van der Waals surface area (Å²) < 4.78 is 0. The quantitative estimate of drug-likeness (QED) is 0.486. The second-order valence-corrected chi connectivity index (χ2v) is 2.82. The van der Waals surface area contributed by atoms with Crippen molar-refractivity contribution >= 4 is 0 Å². The molecule has 0 saturated heterocycles. The molecule has 2 aliphatic rings. The van der Waals surface area contributed by atoms with Crippen LogP contribution in [0.15, 0.2) is 35.6 Å². The predicted octanol–water partition coefficient (Wildman–Crippen LogP) is 1.70. The molecule has 1 heterocycles. The molecule has 0 aromatic rings. The summed E-state index contributed by atoms with van der Waals surface area (Å²) in [5.74, 6) is 0. The van der Waals surface area contributed by atoms with E-state index in [-0.39, 0.29) is 0 Å². The van der Waals surface area contributed by atoms with Gasteiger partial charge in [-0.2, -0.15) is 0 Å². The smallest absolute Gasteiger partial charge is 0.0440 e. The molecule has 0 unspecified atom stereocenters. The standard InChI is InChI=1S/C9H11N/c1-10-7-8-5-3-2-4-6-9(8)10/h2-5H,6-7H2,1H3. The first-order valence-corrected chi connectivity index (χ1v) is 3.64. The molecular formula is C9H11N. The number of rotatable bonds is 0. The van der Waals surface area contributed by atoms with Crippen LogP contribution in [0.3, 0.4) is 0 Å². The van der Waals surface area contributed by atoms with Crippen LogP contribution in [-0.2, 0) is 0 Å². The van der Waals surface area contributed by atoms with Crippen molar-refractivity contribution in [1.29, 1.82) is 0 Å². The van der Waals surface area contributed by atoms with E-state index in [2.05, 4.69) is 36.3 Å². The van der Waals surface area contributed by atoms with Crippen molar-refractivity contribution in [2.24, 2.45) is 0 Å². The molecule has 1 heteroatoms. The van der Waals surface area contributed by atoms with E-state index in [0.29, 0.717) is 0 Å². The van der Waals surface area contributed by atoms with Crippen LogP contribution in [0.5, 0.6) is 0 Å². The van der Waals surface area contributed by atoms with Crippen molar-refractivity contribution in [2.45, 2.75) is 6.42 Å². The number of likely N-dealkylation sites (N-methyl/N-ethyl adjacent to an activating group) is 1. The molecule has 0 aromatic carbocycles. The van der Waals surface area contributed by atoms with Gasteiger partial charge in [0.25, 0.3) is 0 Å². The van der Waals surface area contributed by atoms with Gasteiger partial charge >= 0.3 is 0 Å². The first kappa shape index (κ1) is 5.78. The van der Waals surface area contributed by atoms with Crippen LogP contribution >= 0.6 is 0 Å². The number of hydrogen-bond donors (Lipinski definition) is 0. The monoisotopic (exact) mass is 133 g/mol. The summed E-state index contributed by atoms with van der Waals surface area (Å²) in [4.78, 5) is 2.30. The van der Waals surface area contributed by atoms with Gasteiger partial charge in [0, 0.05) is 25.7 Å². The number of allylic oxidation sites excluding steroid dienone is 3. The molecule has 0 fully saturated rings. The zero-order valence-corrected chi connectivity index (χ0v) is 6.17. The highest BCUT2D eigenvalue weighted by molar-refractivity contribution is 5.38. The van der Waals surface area contributed by atoms with Gasteiger partial charge in [-0.1, -0.05) is 24.3 Å². The van der Waals surface area contributed by atoms with E-state index >= 15 is 0 Å². The highest BCUT2D eigenvalue weighted by atomic mass is 15.1. The first-order valence-electron chi connectivity index (χ1n) is 3.64. The lowest BCUT2D eigenvalue weighted by Crippen LogP contribution is -2.31. The van der Waals surface area contributed by atoms with Gasteiger partial charge in [-0.25, -0.2) is 0 Å². The van der Waals surface area contributed by atoms with Gasteiger partial charge in [-0.15, -0.1) is 0 Å². The highest BCUT2D eigenvalue weighted by Gasteiger charge is 2.19. The fraction of sp³-hybridized carbons (Fsp3) is 0.333. The van der Waals surface area contributed by atoms with Crippen LogP contribution in [0, 0.1) is 0 Å². The molecule has 1 aliphatic carbocycles. The summed E-state index contributed by atoms with van der Waals surface area (Å²) in [5, 5.41) is 0. The molecule has 0 radical (unpaired) electrons. The third kappa shape index (κ3) is 0.703. The van der Waals surface area contributed by atoms with Crippen molar-refractivity contribution < 1.29 is 0 Å². The van der Waals surface area contributed by atoms with Gasteiger partial charge in [0.15, 0.2) is 0 Å². The Hall–Kier alpha value is -0.980.